The fourth-order valence-corrected chi connectivity index (χ4v) is 4.49. The zero-order chi connectivity index (χ0) is 24.7. The number of aliphatic hydroxyl groups is 1. The predicted molar refractivity (Wildman–Crippen MR) is 112 cm³/mol. The van der Waals surface area contributed by atoms with Crippen LogP contribution in [0.4, 0.5) is 32.4 Å². The SMILES string of the molecule is O=C(Nc1ccnc(Br)c1F)N1CCc2nn3c(c2C1)C(F)(F)CCC(O)(COCC(F)F)C3. The number of carbonyl (C=O) groups is 1. The Labute approximate surface area is 199 Å². The number of ether oxygens (including phenoxy) is 1. The van der Waals surface area contributed by atoms with Crippen LogP contribution < -0.4 is 5.32 Å². The summed E-state index contributed by atoms with van der Waals surface area (Å²) in [7, 11) is 0. The molecule has 8 nitrogen and oxygen atoms in total. The molecule has 2 aromatic heterocycles. The van der Waals surface area contributed by atoms with Crippen molar-refractivity contribution in [2.24, 2.45) is 0 Å². The number of hydrogen-bond acceptors (Lipinski definition) is 5. The van der Waals surface area contributed by atoms with Crippen LogP contribution >= 0.6 is 15.9 Å². The molecule has 34 heavy (non-hydrogen) atoms. The molecule has 0 aliphatic carbocycles. The highest BCUT2D eigenvalue weighted by atomic mass is 79.9. The lowest BCUT2D eigenvalue weighted by Crippen LogP contribution is -2.39. The minimum atomic E-state index is -3.38. The van der Waals surface area contributed by atoms with Crippen molar-refractivity contribution in [2.45, 2.75) is 50.3 Å². The van der Waals surface area contributed by atoms with E-state index >= 15 is 8.78 Å². The molecule has 14 heteroatoms. The van der Waals surface area contributed by atoms with E-state index in [1.165, 1.54) is 17.2 Å². The molecule has 1 unspecified atom stereocenters. The van der Waals surface area contributed by atoms with Crippen molar-refractivity contribution >= 4 is 27.6 Å². The lowest BCUT2D eigenvalue weighted by atomic mass is 9.95. The number of alkyl halides is 4. The van der Waals surface area contributed by atoms with Crippen LogP contribution in [0.3, 0.4) is 0 Å². The molecule has 0 saturated heterocycles. The first kappa shape index (κ1) is 24.8. The van der Waals surface area contributed by atoms with Gasteiger partial charge in [-0.2, -0.15) is 13.9 Å². The van der Waals surface area contributed by atoms with Gasteiger partial charge in [0.2, 0.25) is 0 Å². The number of halogens is 6. The summed E-state index contributed by atoms with van der Waals surface area (Å²) in [6.07, 6.45) is -2.42. The molecule has 4 rings (SSSR count). The average molecular weight is 554 g/mol. The number of pyridine rings is 1. The number of aromatic nitrogens is 3. The van der Waals surface area contributed by atoms with Gasteiger partial charge in [-0.1, -0.05) is 0 Å². The Balaban J connectivity index is 1.55. The first-order valence-corrected chi connectivity index (χ1v) is 11.2. The highest BCUT2D eigenvalue weighted by molar-refractivity contribution is 9.10. The molecule has 2 aliphatic rings. The monoisotopic (exact) mass is 553 g/mol. The van der Waals surface area contributed by atoms with E-state index in [0.717, 1.165) is 4.68 Å². The maximum absolute atomic E-state index is 15.1. The Morgan fingerprint density at radius 1 is 1.35 bits per heavy atom. The Bertz CT molecular complexity index is 1090. The van der Waals surface area contributed by atoms with E-state index in [-0.39, 0.29) is 48.3 Å². The third-order valence-corrected chi connectivity index (χ3v) is 6.34. The van der Waals surface area contributed by atoms with E-state index in [2.05, 4.69) is 31.3 Å². The van der Waals surface area contributed by atoms with Gasteiger partial charge in [-0.3, -0.25) is 4.68 Å². The van der Waals surface area contributed by atoms with E-state index in [4.69, 9.17) is 4.74 Å². The van der Waals surface area contributed by atoms with E-state index in [1.54, 1.807) is 0 Å². The van der Waals surface area contributed by atoms with Gasteiger partial charge in [0.05, 0.1) is 31.1 Å². The van der Waals surface area contributed by atoms with Crippen LogP contribution in [-0.4, -0.2) is 62.6 Å². The number of nitrogens with zero attached hydrogens (tertiary/aromatic N) is 4. The fourth-order valence-electron chi connectivity index (χ4n) is 4.15. The Hall–Kier alpha value is -2.32. The number of rotatable bonds is 5. The van der Waals surface area contributed by atoms with Crippen molar-refractivity contribution in [3.63, 3.8) is 0 Å². The molecule has 2 amide bonds. The normalized spacial score (nSPS) is 21.7. The molecule has 186 valence electrons. The highest BCUT2D eigenvalue weighted by Gasteiger charge is 2.47. The average Bonchev–Trinajstić information content (AvgIpc) is 3.08. The molecular formula is C20H21BrF5N5O3. The largest absolute Gasteiger partial charge is 0.386 e. The molecule has 2 N–H and O–H groups in total. The highest BCUT2D eigenvalue weighted by Crippen LogP contribution is 2.42. The second-order valence-corrected chi connectivity index (χ2v) is 9.08. The van der Waals surface area contributed by atoms with Gasteiger partial charge < -0.3 is 20.1 Å². The molecule has 0 spiro atoms. The second kappa shape index (κ2) is 9.38. The van der Waals surface area contributed by atoms with Gasteiger partial charge in [0.1, 0.15) is 22.5 Å². The lowest BCUT2D eigenvalue weighted by Gasteiger charge is -2.28. The predicted octanol–water partition coefficient (Wildman–Crippen LogP) is 3.67. The van der Waals surface area contributed by atoms with Crippen molar-refractivity contribution in [2.75, 3.05) is 25.1 Å². The molecule has 0 aromatic carbocycles. The Morgan fingerprint density at radius 2 is 2.12 bits per heavy atom. The van der Waals surface area contributed by atoms with Crippen LogP contribution in [0.1, 0.15) is 29.8 Å². The lowest BCUT2D eigenvalue weighted by molar-refractivity contribution is -0.0926. The smallest absolute Gasteiger partial charge is 0.322 e. The molecule has 2 aliphatic heterocycles. The number of urea groups is 1. The molecule has 0 saturated carbocycles. The van der Waals surface area contributed by atoms with Gasteiger partial charge >= 0.3 is 6.03 Å². The van der Waals surface area contributed by atoms with Crippen LogP contribution in [0.2, 0.25) is 0 Å². The van der Waals surface area contributed by atoms with Crippen molar-refractivity contribution < 1.29 is 36.6 Å². The molecule has 0 fully saturated rings. The number of nitrogens with one attached hydrogen (secondary N) is 1. The third kappa shape index (κ3) is 5.03. The molecular weight excluding hydrogens is 533 g/mol. The number of hydrogen-bond donors (Lipinski definition) is 2. The van der Waals surface area contributed by atoms with Gasteiger partial charge in [0.25, 0.3) is 12.3 Å². The summed E-state index contributed by atoms with van der Waals surface area (Å²) in [6, 6.07) is 0.584. The van der Waals surface area contributed by atoms with Gasteiger partial charge in [-0.15, -0.1) is 0 Å². The molecule has 2 aromatic rings. The maximum atomic E-state index is 15.1. The minimum absolute atomic E-state index is 0.0853. The zero-order valence-corrected chi connectivity index (χ0v) is 19.3. The van der Waals surface area contributed by atoms with Crippen molar-refractivity contribution in [3.05, 3.63) is 39.6 Å². The van der Waals surface area contributed by atoms with Crippen LogP contribution in [0.25, 0.3) is 0 Å². The molecule has 0 bridgehead atoms. The van der Waals surface area contributed by atoms with Gasteiger partial charge in [0.15, 0.2) is 5.82 Å². The summed E-state index contributed by atoms with van der Waals surface area (Å²) < 4.78 is 74.9. The fraction of sp³-hybridized carbons (Fsp3) is 0.550. The topological polar surface area (TPSA) is 92.5 Å². The van der Waals surface area contributed by atoms with E-state index in [9.17, 15) is 23.1 Å². The van der Waals surface area contributed by atoms with E-state index in [1.807, 2.05) is 0 Å². The van der Waals surface area contributed by atoms with Crippen LogP contribution in [0.5, 0.6) is 0 Å². The first-order chi connectivity index (χ1) is 16.0. The van der Waals surface area contributed by atoms with Crippen molar-refractivity contribution in [1.82, 2.24) is 19.7 Å². The molecule has 0 radical (unpaired) electrons. The summed E-state index contributed by atoms with van der Waals surface area (Å²) in [4.78, 5) is 17.7. The molecule has 1 atom stereocenters. The second-order valence-electron chi connectivity index (χ2n) is 8.33. The van der Waals surface area contributed by atoms with Crippen LogP contribution in [-0.2, 0) is 30.2 Å². The first-order valence-electron chi connectivity index (χ1n) is 10.4. The number of fused-ring (bicyclic) bond motifs is 3. The summed E-state index contributed by atoms with van der Waals surface area (Å²) in [6.45, 7) is -1.87. The van der Waals surface area contributed by atoms with Crippen LogP contribution in [0, 0.1) is 5.82 Å². The number of carbonyl (C=O) groups excluding carboxylic acids is 1. The number of amides is 2. The van der Waals surface area contributed by atoms with Gasteiger partial charge in [-0.25, -0.2) is 22.9 Å². The molecule has 4 heterocycles. The van der Waals surface area contributed by atoms with E-state index < -0.39 is 55.1 Å². The van der Waals surface area contributed by atoms with Gasteiger partial charge in [-0.05, 0) is 28.4 Å². The summed E-state index contributed by atoms with van der Waals surface area (Å²) in [5.41, 5.74) is -1.84. The zero-order valence-electron chi connectivity index (χ0n) is 17.7. The summed E-state index contributed by atoms with van der Waals surface area (Å²) in [5, 5.41) is 17.4. The van der Waals surface area contributed by atoms with Crippen molar-refractivity contribution in [3.8, 4) is 0 Å². The van der Waals surface area contributed by atoms with Crippen LogP contribution in [0.15, 0.2) is 16.9 Å². The Morgan fingerprint density at radius 3 is 2.85 bits per heavy atom. The third-order valence-electron chi connectivity index (χ3n) is 5.79. The van der Waals surface area contributed by atoms with E-state index in [0.29, 0.717) is 5.69 Å². The standard InChI is InChI=1S/C20H21BrF5N5O3/c21-17-15(24)13(1-5-27-17)28-18(32)30-6-2-12-11(7-30)16-20(25,26)4-3-19(33,9-31(16)29-12)10-34-8-14(22)23/h1,5,14,33H,2-4,6-10H2,(H,27,28,32). The quantitative estimate of drug-likeness (QED) is 0.435. The number of anilines is 1. The summed E-state index contributed by atoms with van der Waals surface area (Å²) in [5.74, 6) is -4.15. The van der Waals surface area contributed by atoms with Gasteiger partial charge in [0, 0.05) is 31.1 Å². The Kier molecular flexibility index (Phi) is 6.84. The maximum Gasteiger partial charge on any atom is 0.322 e. The summed E-state index contributed by atoms with van der Waals surface area (Å²) >= 11 is 2.93. The minimum Gasteiger partial charge on any atom is -0.386 e. The van der Waals surface area contributed by atoms with Crippen molar-refractivity contribution in [1.29, 1.82) is 0 Å².